The first-order valence-corrected chi connectivity index (χ1v) is 8.73. The fraction of sp³-hybridized carbons (Fsp3) is 0.600. The van der Waals surface area contributed by atoms with Crippen molar-refractivity contribution in [3.05, 3.63) is 29.8 Å². The van der Waals surface area contributed by atoms with Crippen molar-refractivity contribution in [2.45, 2.75) is 25.9 Å². The fourth-order valence-electron chi connectivity index (χ4n) is 2.84. The molecule has 0 heterocycles. The highest BCUT2D eigenvalue weighted by atomic mass is 31.2. The average Bonchev–Trinajstić information content (AvgIpc) is 2.43. The molecule has 0 saturated heterocycles. The van der Waals surface area contributed by atoms with Crippen LogP contribution in [0.3, 0.4) is 0 Å². The van der Waals surface area contributed by atoms with Crippen molar-refractivity contribution in [3.8, 4) is 5.75 Å². The number of rotatable bonds is 8. The topological polar surface area (TPSA) is 79.2 Å². The molecule has 0 fully saturated rings. The Labute approximate surface area is 132 Å². The molecular formula is C15H26NO5P. The van der Waals surface area contributed by atoms with Gasteiger partial charge in [0.05, 0.1) is 7.11 Å². The van der Waals surface area contributed by atoms with Crippen LogP contribution in [0.15, 0.2) is 24.3 Å². The monoisotopic (exact) mass is 331 g/mol. The standard InChI is InChI=1S/C15H26NO5P/c1-6-15(21-22(17,18)19,12(2)11-16(3)4)13-8-7-9-14(10-13)20-5/h7-10,12H,6,11H2,1-5H3,(H2,17,18,19)/t12-,15-/m1/s1. The van der Waals surface area contributed by atoms with Crippen LogP contribution in [-0.2, 0) is 14.7 Å². The van der Waals surface area contributed by atoms with Gasteiger partial charge in [0.25, 0.3) is 0 Å². The van der Waals surface area contributed by atoms with E-state index in [1.165, 1.54) is 0 Å². The van der Waals surface area contributed by atoms with Crippen LogP contribution < -0.4 is 4.74 Å². The predicted octanol–water partition coefficient (Wildman–Crippen LogP) is 2.61. The Kier molecular flexibility index (Phi) is 6.59. The molecule has 126 valence electrons. The van der Waals surface area contributed by atoms with E-state index in [1.54, 1.807) is 25.3 Å². The van der Waals surface area contributed by atoms with Gasteiger partial charge in [-0.15, -0.1) is 0 Å². The van der Waals surface area contributed by atoms with Crippen molar-refractivity contribution < 1.29 is 23.6 Å². The Morgan fingerprint density at radius 1 is 1.36 bits per heavy atom. The van der Waals surface area contributed by atoms with Crippen molar-refractivity contribution in [2.24, 2.45) is 5.92 Å². The molecule has 1 aromatic carbocycles. The zero-order chi connectivity index (χ0) is 17.0. The second-order valence-corrected chi connectivity index (χ2v) is 6.88. The largest absolute Gasteiger partial charge is 0.497 e. The highest BCUT2D eigenvalue weighted by Gasteiger charge is 2.43. The number of ether oxygens (including phenoxy) is 1. The maximum atomic E-state index is 11.6. The zero-order valence-electron chi connectivity index (χ0n) is 13.8. The summed E-state index contributed by atoms with van der Waals surface area (Å²) in [5.41, 5.74) is -0.385. The normalized spacial score (nSPS) is 16.4. The molecule has 0 unspecified atom stereocenters. The van der Waals surface area contributed by atoms with E-state index in [4.69, 9.17) is 9.26 Å². The van der Waals surface area contributed by atoms with E-state index in [1.807, 2.05) is 38.9 Å². The number of hydrogen-bond donors (Lipinski definition) is 2. The zero-order valence-corrected chi connectivity index (χ0v) is 14.7. The highest BCUT2D eigenvalue weighted by Crippen LogP contribution is 2.51. The summed E-state index contributed by atoms with van der Waals surface area (Å²) in [7, 11) is 0.739. The Morgan fingerprint density at radius 2 is 2.00 bits per heavy atom. The van der Waals surface area contributed by atoms with Gasteiger partial charge in [-0.2, -0.15) is 0 Å². The van der Waals surface area contributed by atoms with Gasteiger partial charge >= 0.3 is 7.82 Å². The van der Waals surface area contributed by atoms with Crippen molar-refractivity contribution in [3.63, 3.8) is 0 Å². The summed E-state index contributed by atoms with van der Waals surface area (Å²) in [5, 5.41) is 0. The van der Waals surface area contributed by atoms with Crippen molar-refractivity contribution in [1.29, 1.82) is 0 Å². The Bertz CT molecular complexity index is 530. The first-order valence-electron chi connectivity index (χ1n) is 7.20. The van der Waals surface area contributed by atoms with Gasteiger partial charge in [0.1, 0.15) is 11.4 Å². The molecule has 0 aliphatic rings. The molecule has 0 saturated carbocycles. The van der Waals surface area contributed by atoms with Gasteiger partial charge in [-0.25, -0.2) is 4.57 Å². The smallest absolute Gasteiger partial charge is 0.470 e. The lowest BCUT2D eigenvalue weighted by Gasteiger charge is -2.39. The number of hydrogen-bond acceptors (Lipinski definition) is 4. The Hall–Kier alpha value is -0.910. The summed E-state index contributed by atoms with van der Waals surface area (Å²) in [6.45, 7) is 4.42. The van der Waals surface area contributed by atoms with Crippen LogP contribution in [0.25, 0.3) is 0 Å². The molecule has 7 heteroatoms. The third kappa shape index (κ3) is 4.80. The van der Waals surface area contributed by atoms with Crippen LogP contribution in [0, 0.1) is 5.92 Å². The fourth-order valence-corrected chi connectivity index (χ4v) is 3.68. The van der Waals surface area contributed by atoms with E-state index in [-0.39, 0.29) is 5.92 Å². The summed E-state index contributed by atoms with van der Waals surface area (Å²) in [6, 6.07) is 7.17. The molecule has 0 aliphatic carbocycles. The highest BCUT2D eigenvalue weighted by molar-refractivity contribution is 7.46. The molecule has 0 amide bonds. The summed E-state index contributed by atoms with van der Waals surface area (Å²) < 4.78 is 22.1. The van der Waals surface area contributed by atoms with Crippen LogP contribution in [0.4, 0.5) is 0 Å². The van der Waals surface area contributed by atoms with Gasteiger partial charge in [0.15, 0.2) is 0 Å². The second kappa shape index (κ2) is 7.57. The lowest BCUT2D eigenvalue weighted by Crippen LogP contribution is -2.40. The maximum Gasteiger partial charge on any atom is 0.470 e. The minimum absolute atomic E-state index is 0.132. The SMILES string of the molecule is CC[C@](OP(=O)(O)O)(c1cccc(OC)c1)[C@H](C)CN(C)C. The molecule has 2 atom stereocenters. The molecule has 6 nitrogen and oxygen atoms in total. The third-order valence-corrected chi connectivity index (χ3v) is 4.36. The molecule has 0 spiro atoms. The van der Waals surface area contributed by atoms with Crippen LogP contribution in [-0.4, -0.2) is 42.4 Å². The van der Waals surface area contributed by atoms with E-state index < -0.39 is 13.4 Å². The molecule has 0 aliphatic heterocycles. The van der Waals surface area contributed by atoms with Gasteiger partial charge in [-0.3, -0.25) is 4.52 Å². The lowest BCUT2D eigenvalue weighted by atomic mass is 9.80. The summed E-state index contributed by atoms with van der Waals surface area (Å²) >= 11 is 0. The Balaban J connectivity index is 3.37. The predicted molar refractivity (Wildman–Crippen MR) is 85.8 cm³/mol. The summed E-state index contributed by atoms with van der Waals surface area (Å²) in [6.07, 6.45) is 0.431. The molecule has 2 N–H and O–H groups in total. The number of methoxy groups -OCH3 is 1. The van der Waals surface area contributed by atoms with Crippen LogP contribution in [0.5, 0.6) is 5.75 Å². The lowest BCUT2D eigenvalue weighted by molar-refractivity contribution is -0.0268. The molecule has 0 aromatic heterocycles. The van der Waals surface area contributed by atoms with E-state index in [9.17, 15) is 14.4 Å². The average molecular weight is 331 g/mol. The molecular weight excluding hydrogens is 305 g/mol. The van der Waals surface area contributed by atoms with E-state index in [0.717, 1.165) is 0 Å². The van der Waals surface area contributed by atoms with Crippen molar-refractivity contribution in [1.82, 2.24) is 4.90 Å². The van der Waals surface area contributed by atoms with Crippen molar-refractivity contribution in [2.75, 3.05) is 27.7 Å². The van der Waals surface area contributed by atoms with Crippen LogP contribution in [0.1, 0.15) is 25.8 Å². The molecule has 0 radical (unpaired) electrons. The minimum Gasteiger partial charge on any atom is -0.497 e. The number of phosphoric acid groups is 1. The molecule has 1 aromatic rings. The molecule has 22 heavy (non-hydrogen) atoms. The molecule has 0 bridgehead atoms. The first-order chi connectivity index (χ1) is 10.1. The molecule has 1 rings (SSSR count). The summed E-state index contributed by atoms with van der Waals surface area (Å²) in [4.78, 5) is 20.8. The second-order valence-electron chi connectivity index (χ2n) is 5.72. The van der Waals surface area contributed by atoms with Gasteiger partial charge in [0.2, 0.25) is 0 Å². The van der Waals surface area contributed by atoms with Gasteiger partial charge in [-0.05, 0) is 38.2 Å². The third-order valence-electron chi connectivity index (χ3n) is 3.80. The van der Waals surface area contributed by atoms with Gasteiger partial charge < -0.3 is 19.4 Å². The summed E-state index contributed by atoms with van der Waals surface area (Å²) in [5.74, 6) is 0.494. The van der Waals surface area contributed by atoms with Crippen LogP contribution >= 0.6 is 7.82 Å². The van der Waals surface area contributed by atoms with Gasteiger partial charge in [0, 0.05) is 12.5 Å². The van der Waals surface area contributed by atoms with Gasteiger partial charge in [-0.1, -0.05) is 26.0 Å². The maximum absolute atomic E-state index is 11.6. The van der Waals surface area contributed by atoms with E-state index >= 15 is 0 Å². The first kappa shape index (κ1) is 19.1. The van der Waals surface area contributed by atoms with Crippen LogP contribution in [0.2, 0.25) is 0 Å². The number of phosphoric ester groups is 1. The minimum atomic E-state index is -4.65. The Morgan fingerprint density at radius 3 is 2.45 bits per heavy atom. The quantitative estimate of drug-likeness (QED) is 0.713. The van der Waals surface area contributed by atoms with Crippen molar-refractivity contribution >= 4 is 7.82 Å². The number of nitrogens with zero attached hydrogens (tertiary/aromatic N) is 1. The number of benzene rings is 1. The van der Waals surface area contributed by atoms with E-state index in [2.05, 4.69) is 0 Å². The van der Waals surface area contributed by atoms with E-state index in [0.29, 0.717) is 24.3 Å².